The number of ether oxygens (including phenoxy) is 1. The van der Waals surface area contributed by atoms with Crippen LogP contribution in [0.4, 0.5) is 9.18 Å². The molecule has 8 heteroatoms. The number of piperazine rings is 1. The number of carboxylic acid groups (broad SMARTS) is 1. The fraction of sp³-hybridized carbons (Fsp3) is 0.364. The zero-order chi connectivity index (χ0) is 21.1. The van der Waals surface area contributed by atoms with Gasteiger partial charge in [0.1, 0.15) is 17.7 Å². The summed E-state index contributed by atoms with van der Waals surface area (Å²) in [6, 6.07) is 11.3. The molecule has 0 aromatic heterocycles. The largest absolute Gasteiger partial charge is 0.488 e. The highest BCUT2D eigenvalue weighted by molar-refractivity contribution is 5.96. The van der Waals surface area contributed by atoms with E-state index in [0.717, 1.165) is 18.7 Å². The molecule has 1 atom stereocenters. The predicted octanol–water partition coefficient (Wildman–Crippen LogP) is 2.67. The van der Waals surface area contributed by atoms with E-state index >= 15 is 0 Å². The van der Waals surface area contributed by atoms with Crippen LogP contribution in [0.25, 0.3) is 11.1 Å². The third kappa shape index (κ3) is 4.38. The highest BCUT2D eigenvalue weighted by atomic mass is 19.1. The fourth-order valence-electron chi connectivity index (χ4n) is 3.85. The minimum Gasteiger partial charge on any atom is -0.488 e. The van der Waals surface area contributed by atoms with E-state index in [1.807, 2.05) is 4.90 Å². The van der Waals surface area contributed by atoms with Gasteiger partial charge in [-0.3, -0.25) is 4.79 Å². The van der Waals surface area contributed by atoms with E-state index in [1.165, 1.54) is 17.0 Å². The van der Waals surface area contributed by atoms with Gasteiger partial charge in [-0.05, 0) is 35.9 Å². The van der Waals surface area contributed by atoms with E-state index in [0.29, 0.717) is 49.5 Å². The van der Waals surface area contributed by atoms with Crippen molar-refractivity contribution in [3.05, 3.63) is 53.8 Å². The molecular formula is C22H24FN3O4. The Morgan fingerprint density at radius 1 is 1.03 bits per heavy atom. The fourth-order valence-corrected chi connectivity index (χ4v) is 3.85. The highest BCUT2D eigenvalue weighted by Crippen LogP contribution is 2.33. The van der Waals surface area contributed by atoms with Crippen LogP contribution in [0.15, 0.2) is 42.5 Å². The summed E-state index contributed by atoms with van der Waals surface area (Å²) >= 11 is 0. The van der Waals surface area contributed by atoms with Crippen molar-refractivity contribution in [1.29, 1.82) is 0 Å². The van der Waals surface area contributed by atoms with Gasteiger partial charge in [-0.15, -0.1) is 0 Å². The molecule has 0 radical (unpaired) electrons. The Hall–Kier alpha value is -3.13. The quantitative estimate of drug-likeness (QED) is 0.806. The van der Waals surface area contributed by atoms with Gasteiger partial charge in [0.2, 0.25) is 0 Å². The average Bonchev–Trinajstić information content (AvgIpc) is 3.24. The summed E-state index contributed by atoms with van der Waals surface area (Å²) in [6.07, 6.45) is -0.636. The molecule has 7 nitrogen and oxygen atoms in total. The Morgan fingerprint density at radius 2 is 1.77 bits per heavy atom. The van der Waals surface area contributed by atoms with Crippen LogP contribution in [-0.2, 0) is 0 Å². The molecule has 2 heterocycles. The molecule has 2 N–H and O–H groups in total. The maximum Gasteiger partial charge on any atom is 0.407 e. The topological polar surface area (TPSA) is 82.1 Å². The van der Waals surface area contributed by atoms with Crippen molar-refractivity contribution in [1.82, 2.24) is 15.1 Å². The summed E-state index contributed by atoms with van der Waals surface area (Å²) in [5.41, 5.74) is 1.96. The Kier molecular flexibility index (Phi) is 5.85. The van der Waals surface area contributed by atoms with Crippen LogP contribution in [0.1, 0.15) is 16.8 Å². The van der Waals surface area contributed by atoms with Crippen molar-refractivity contribution in [2.24, 2.45) is 0 Å². The lowest BCUT2D eigenvalue weighted by Crippen LogP contribution is -2.46. The molecule has 0 saturated carbocycles. The van der Waals surface area contributed by atoms with E-state index < -0.39 is 6.09 Å². The standard InChI is InChI=1S/C22H24FN3O4/c23-17-4-1-15(2-5-17)19-13-16(21(27)25-11-8-24-9-12-25)3-6-20(19)30-18-7-10-26(14-18)22(28)29/h1-6,13,18,24H,7-12,14H2,(H,28,29)/t18-/m0/s1. The number of hydrogen-bond acceptors (Lipinski definition) is 4. The minimum atomic E-state index is -0.961. The summed E-state index contributed by atoms with van der Waals surface area (Å²) in [5, 5.41) is 12.4. The number of rotatable bonds is 4. The molecule has 0 spiro atoms. The number of likely N-dealkylation sites (tertiary alicyclic amines) is 1. The second-order valence-corrected chi connectivity index (χ2v) is 7.52. The van der Waals surface area contributed by atoms with Gasteiger partial charge in [-0.2, -0.15) is 0 Å². The van der Waals surface area contributed by atoms with Gasteiger partial charge in [-0.25, -0.2) is 9.18 Å². The molecule has 4 rings (SSSR count). The maximum atomic E-state index is 13.4. The van der Waals surface area contributed by atoms with Gasteiger partial charge in [-0.1, -0.05) is 12.1 Å². The summed E-state index contributed by atoms with van der Waals surface area (Å²) in [7, 11) is 0. The van der Waals surface area contributed by atoms with Gasteiger partial charge in [0, 0.05) is 50.3 Å². The minimum absolute atomic E-state index is 0.0515. The molecule has 2 amide bonds. The zero-order valence-electron chi connectivity index (χ0n) is 16.5. The molecule has 2 aliphatic rings. The summed E-state index contributed by atoms with van der Waals surface area (Å²) < 4.78 is 19.6. The van der Waals surface area contributed by atoms with Crippen molar-refractivity contribution in [3.63, 3.8) is 0 Å². The first-order valence-corrected chi connectivity index (χ1v) is 10.1. The SMILES string of the molecule is O=C(O)N1CC[C@H](Oc2ccc(C(=O)N3CCNCC3)cc2-c2ccc(F)cc2)C1. The first-order chi connectivity index (χ1) is 14.5. The second kappa shape index (κ2) is 8.71. The van der Waals surface area contributed by atoms with Crippen LogP contribution in [0.2, 0.25) is 0 Å². The number of carbonyl (C=O) groups is 2. The normalized spacial score (nSPS) is 19.0. The Labute approximate surface area is 174 Å². The Balaban J connectivity index is 1.62. The summed E-state index contributed by atoms with van der Waals surface area (Å²) in [4.78, 5) is 27.2. The van der Waals surface area contributed by atoms with E-state index in [-0.39, 0.29) is 17.8 Å². The first kappa shape index (κ1) is 20.2. The average molecular weight is 413 g/mol. The first-order valence-electron chi connectivity index (χ1n) is 10.1. The number of hydrogen-bond donors (Lipinski definition) is 2. The zero-order valence-corrected chi connectivity index (χ0v) is 16.5. The lowest BCUT2D eigenvalue weighted by Gasteiger charge is -2.28. The molecule has 2 aromatic rings. The molecule has 2 aromatic carbocycles. The van der Waals surface area contributed by atoms with Gasteiger partial charge < -0.3 is 25.0 Å². The number of nitrogens with one attached hydrogen (secondary N) is 1. The molecule has 2 fully saturated rings. The van der Waals surface area contributed by atoms with Crippen molar-refractivity contribution in [3.8, 4) is 16.9 Å². The second-order valence-electron chi connectivity index (χ2n) is 7.52. The van der Waals surface area contributed by atoms with E-state index in [4.69, 9.17) is 9.84 Å². The monoisotopic (exact) mass is 413 g/mol. The van der Waals surface area contributed by atoms with E-state index in [2.05, 4.69) is 5.32 Å². The molecular weight excluding hydrogens is 389 g/mol. The Morgan fingerprint density at radius 3 is 2.43 bits per heavy atom. The molecule has 0 bridgehead atoms. The number of benzene rings is 2. The smallest absolute Gasteiger partial charge is 0.407 e. The summed E-state index contributed by atoms with van der Waals surface area (Å²) in [6.45, 7) is 3.54. The summed E-state index contributed by atoms with van der Waals surface area (Å²) in [5.74, 6) is 0.155. The van der Waals surface area contributed by atoms with Crippen LogP contribution in [-0.4, -0.2) is 72.3 Å². The predicted molar refractivity (Wildman–Crippen MR) is 109 cm³/mol. The molecule has 30 heavy (non-hydrogen) atoms. The highest BCUT2D eigenvalue weighted by Gasteiger charge is 2.28. The molecule has 2 aliphatic heterocycles. The van der Waals surface area contributed by atoms with Crippen molar-refractivity contribution in [2.75, 3.05) is 39.3 Å². The molecule has 0 unspecified atom stereocenters. The number of nitrogens with zero attached hydrogens (tertiary/aromatic N) is 2. The molecule has 2 saturated heterocycles. The van der Waals surface area contributed by atoms with Gasteiger partial charge in [0.05, 0.1) is 6.54 Å². The van der Waals surface area contributed by atoms with Crippen LogP contribution in [0.3, 0.4) is 0 Å². The molecule has 158 valence electrons. The number of carbonyl (C=O) groups excluding carboxylic acids is 1. The third-order valence-electron chi connectivity index (χ3n) is 5.50. The van der Waals surface area contributed by atoms with Crippen molar-refractivity contribution < 1.29 is 23.8 Å². The van der Waals surface area contributed by atoms with E-state index in [9.17, 15) is 14.0 Å². The van der Waals surface area contributed by atoms with Gasteiger partial charge >= 0.3 is 6.09 Å². The van der Waals surface area contributed by atoms with Crippen LogP contribution in [0, 0.1) is 5.82 Å². The van der Waals surface area contributed by atoms with Crippen LogP contribution >= 0.6 is 0 Å². The lowest BCUT2D eigenvalue weighted by atomic mass is 10.0. The number of amides is 2. The van der Waals surface area contributed by atoms with Crippen LogP contribution in [0.5, 0.6) is 5.75 Å². The van der Waals surface area contributed by atoms with Gasteiger partial charge in [0.15, 0.2) is 0 Å². The van der Waals surface area contributed by atoms with E-state index in [1.54, 1.807) is 30.3 Å². The molecule has 0 aliphatic carbocycles. The Bertz CT molecular complexity index is 928. The number of halogens is 1. The third-order valence-corrected chi connectivity index (χ3v) is 5.50. The maximum absolute atomic E-state index is 13.4. The lowest BCUT2D eigenvalue weighted by molar-refractivity contribution is 0.0735. The van der Waals surface area contributed by atoms with Crippen molar-refractivity contribution >= 4 is 12.0 Å². The van der Waals surface area contributed by atoms with Crippen molar-refractivity contribution in [2.45, 2.75) is 12.5 Å². The van der Waals surface area contributed by atoms with Gasteiger partial charge in [0.25, 0.3) is 5.91 Å². The van der Waals surface area contributed by atoms with Crippen LogP contribution < -0.4 is 10.1 Å².